The standard InChI is InChI=1S/C13H15NO5S/c1-4-19-12-9-7-5-6-8-10(9)20(16,17)14(2)11(12)13(15)18-3/h5-8H,4H2,1-3H3. The van der Waals surface area contributed by atoms with Gasteiger partial charge in [-0.15, -0.1) is 0 Å². The Morgan fingerprint density at radius 3 is 2.55 bits per heavy atom. The Morgan fingerprint density at radius 1 is 1.30 bits per heavy atom. The molecule has 0 spiro atoms. The van der Waals surface area contributed by atoms with Gasteiger partial charge < -0.3 is 9.47 Å². The van der Waals surface area contributed by atoms with Crippen molar-refractivity contribution in [3.8, 4) is 0 Å². The van der Waals surface area contributed by atoms with Gasteiger partial charge in [-0.3, -0.25) is 4.31 Å². The van der Waals surface area contributed by atoms with Crippen LogP contribution in [0.15, 0.2) is 34.9 Å². The summed E-state index contributed by atoms with van der Waals surface area (Å²) in [6.45, 7) is 2.06. The second-order valence-electron chi connectivity index (χ2n) is 4.07. The average molecular weight is 297 g/mol. The van der Waals surface area contributed by atoms with Crippen LogP contribution in [0, 0.1) is 0 Å². The Hall–Kier alpha value is -2.02. The molecule has 0 unspecified atom stereocenters. The van der Waals surface area contributed by atoms with Crippen molar-refractivity contribution in [3.63, 3.8) is 0 Å². The number of sulfonamides is 1. The Bertz CT molecular complexity index is 678. The second-order valence-corrected chi connectivity index (χ2v) is 6.01. The molecule has 0 aliphatic carbocycles. The van der Waals surface area contributed by atoms with Gasteiger partial charge in [0.2, 0.25) is 0 Å². The molecule has 1 aromatic carbocycles. The second kappa shape index (κ2) is 5.16. The first kappa shape index (κ1) is 14.4. The zero-order valence-electron chi connectivity index (χ0n) is 11.4. The molecule has 1 aliphatic rings. The number of nitrogens with zero attached hydrogens (tertiary/aromatic N) is 1. The lowest BCUT2D eigenvalue weighted by Gasteiger charge is -2.29. The molecular weight excluding hydrogens is 282 g/mol. The fourth-order valence-electron chi connectivity index (χ4n) is 2.03. The summed E-state index contributed by atoms with van der Waals surface area (Å²) in [6.07, 6.45) is 0. The lowest BCUT2D eigenvalue weighted by molar-refractivity contribution is -0.137. The molecule has 0 fully saturated rings. The normalized spacial score (nSPS) is 16.6. The van der Waals surface area contributed by atoms with Gasteiger partial charge in [0.25, 0.3) is 10.0 Å². The predicted molar refractivity (Wildman–Crippen MR) is 72.0 cm³/mol. The van der Waals surface area contributed by atoms with Crippen LogP contribution < -0.4 is 0 Å². The maximum atomic E-state index is 12.4. The van der Waals surface area contributed by atoms with Gasteiger partial charge in [-0.05, 0) is 19.1 Å². The third kappa shape index (κ3) is 2.03. The molecule has 108 valence electrons. The number of hydrogen-bond acceptors (Lipinski definition) is 5. The molecule has 7 heteroatoms. The van der Waals surface area contributed by atoms with E-state index in [1.54, 1.807) is 25.1 Å². The number of rotatable bonds is 3. The molecular formula is C13H15NO5S. The molecule has 1 aliphatic heterocycles. The summed E-state index contributed by atoms with van der Waals surface area (Å²) in [5, 5.41) is 0. The monoisotopic (exact) mass is 297 g/mol. The van der Waals surface area contributed by atoms with Crippen LogP contribution in [0.2, 0.25) is 0 Å². The van der Waals surface area contributed by atoms with Gasteiger partial charge in [-0.1, -0.05) is 12.1 Å². The van der Waals surface area contributed by atoms with Crippen molar-refractivity contribution in [3.05, 3.63) is 35.5 Å². The molecule has 0 saturated carbocycles. The van der Waals surface area contributed by atoms with Gasteiger partial charge in [0, 0.05) is 12.6 Å². The third-order valence-corrected chi connectivity index (χ3v) is 4.78. The van der Waals surface area contributed by atoms with Crippen molar-refractivity contribution in [1.29, 1.82) is 0 Å². The summed E-state index contributed by atoms with van der Waals surface area (Å²) in [4.78, 5) is 12.0. The van der Waals surface area contributed by atoms with E-state index in [2.05, 4.69) is 4.74 Å². The number of carbonyl (C=O) groups excluding carboxylic acids is 1. The van der Waals surface area contributed by atoms with E-state index in [1.165, 1.54) is 20.2 Å². The lowest BCUT2D eigenvalue weighted by atomic mass is 10.1. The van der Waals surface area contributed by atoms with Crippen molar-refractivity contribution in [1.82, 2.24) is 4.31 Å². The number of likely N-dealkylation sites (N-methyl/N-ethyl adjacent to an activating group) is 1. The molecule has 2 rings (SSSR count). The Balaban J connectivity index is 2.81. The SMILES string of the molecule is CCOC1=C(C(=O)OC)N(C)S(=O)(=O)c2ccccc21. The van der Waals surface area contributed by atoms with Crippen molar-refractivity contribution in [2.75, 3.05) is 20.8 Å². The molecule has 0 aromatic heterocycles. The molecule has 0 N–H and O–H groups in total. The van der Waals surface area contributed by atoms with E-state index in [4.69, 9.17) is 4.74 Å². The summed E-state index contributed by atoms with van der Waals surface area (Å²) < 4.78 is 35.9. The van der Waals surface area contributed by atoms with E-state index >= 15 is 0 Å². The van der Waals surface area contributed by atoms with Crippen LogP contribution in [-0.4, -0.2) is 39.5 Å². The molecule has 0 saturated heterocycles. The molecule has 1 heterocycles. The fraction of sp³-hybridized carbons (Fsp3) is 0.308. The summed E-state index contributed by atoms with van der Waals surface area (Å²) in [5.74, 6) is -0.540. The first-order valence-electron chi connectivity index (χ1n) is 5.98. The largest absolute Gasteiger partial charge is 0.491 e. The van der Waals surface area contributed by atoms with Crippen LogP contribution in [0.4, 0.5) is 0 Å². The van der Waals surface area contributed by atoms with E-state index in [0.717, 1.165) is 4.31 Å². The predicted octanol–water partition coefficient (Wildman–Crippen LogP) is 1.20. The summed E-state index contributed by atoms with van der Waals surface area (Å²) >= 11 is 0. The Kier molecular flexibility index (Phi) is 3.71. The zero-order chi connectivity index (χ0) is 14.9. The van der Waals surface area contributed by atoms with Crippen LogP contribution >= 0.6 is 0 Å². The zero-order valence-corrected chi connectivity index (χ0v) is 12.2. The molecule has 0 radical (unpaired) electrons. The highest BCUT2D eigenvalue weighted by Gasteiger charge is 2.39. The van der Waals surface area contributed by atoms with Crippen LogP contribution in [0.25, 0.3) is 5.76 Å². The first-order valence-corrected chi connectivity index (χ1v) is 7.42. The van der Waals surface area contributed by atoms with E-state index in [0.29, 0.717) is 12.2 Å². The highest BCUT2D eigenvalue weighted by Crippen LogP contribution is 2.36. The van der Waals surface area contributed by atoms with E-state index in [1.807, 2.05) is 0 Å². The van der Waals surface area contributed by atoms with Gasteiger partial charge in [0.05, 0.1) is 18.6 Å². The number of ether oxygens (including phenoxy) is 2. The first-order chi connectivity index (χ1) is 9.45. The molecule has 0 bridgehead atoms. The van der Waals surface area contributed by atoms with E-state index in [-0.39, 0.29) is 16.4 Å². The number of fused-ring (bicyclic) bond motifs is 1. The number of benzene rings is 1. The minimum absolute atomic E-state index is 0.110. The number of methoxy groups -OCH3 is 1. The average Bonchev–Trinajstić information content (AvgIpc) is 2.45. The smallest absolute Gasteiger partial charge is 0.359 e. The van der Waals surface area contributed by atoms with Gasteiger partial charge in [-0.2, -0.15) is 0 Å². The molecule has 0 atom stereocenters. The summed E-state index contributed by atoms with van der Waals surface area (Å²) in [6, 6.07) is 6.40. The maximum Gasteiger partial charge on any atom is 0.359 e. The quantitative estimate of drug-likeness (QED) is 0.784. The molecule has 6 nitrogen and oxygen atoms in total. The minimum Gasteiger partial charge on any atom is -0.491 e. The lowest BCUT2D eigenvalue weighted by Crippen LogP contribution is -2.36. The van der Waals surface area contributed by atoms with Crippen molar-refractivity contribution >= 4 is 21.8 Å². The number of carbonyl (C=O) groups is 1. The van der Waals surface area contributed by atoms with Gasteiger partial charge in [0.15, 0.2) is 11.5 Å². The van der Waals surface area contributed by atoms with E-state index < -0.39 is 16.0 Å². The highest BCUT2D eigenvalue weighted by molar-refractivity contribution is 7.89. The highest BCUT2D eigenvalue weighted by atomic mass is 32.2. The Labute approximate surface area is 117 Å². The van der Waals surface area contributed by atoms with E-state index in [9.17, 15) is 13.2 Å². The van der Waals surface area contributed by atoms with Gasteiger partial charge in [-0.25, -0.2) is 13.2 Å². The Morgan fingerprint density at radius 2 is 1.95 bits per heavy atom. The molecule has 1 aromatic rings. The number of esters is 1. The summed E-state index contributed by atoms with van der Waals surface area (Å²) in [5.41, 5.74) is 0.251. The fourth-order valence-corrected chi connectivity index (χ4v) is 3.41. The van der Waals surface area contributed by atoms with Crippen LogP contribution in [0.5, 0.6) is 0 Å². The van der Waals surface area contributed by atoms with Gasteiger partial charge >= 0.3 is 5.97 Å². The number of hydrogen-bond donors (Lipinski definition) is 0. The minimum atomic E-state index is -3.78. The van der Waals surface area contributed by atoms with Crippen LogP contribution in [0.1, 0.15) is 12.5 Å². The third-order valence-electron chi connectivity index (χ3n) is 2.97. The molecule has 0 amide bonds. The van der Waals surface area contributed by atoms with Crippen molar-refractivity contribution < 1.29 is 22.7 Å². The summed E-state index contributed by atoms with van der Waals surface area (Å²) in [7, 11) is -1.29. The maximum absolute atomic E-state index is 12.4. The van der Waals surface area contributed by atoms with Crippen LogP contribution in [-0.2, 0) is 24.3 Å². The van der Waals surface area contributed by atoms with Gasteiger partial charge in [0.1, 0.15) is 0 Å². The van der Waals surface area contributed by atoms with Crippen LogP contribution in [0.3, 0.4) is 0 Å². The molecule has 20 heavy (non-hydrogen) atoms. The topological polar surface area (TPSA) is 72.9 Å². The van der Waals surface area contributed by atoms with Crippen molar-refractivity contribution in [2.45, 2.75) is 11.8 Å². The van der Waals surface area contributed by atoms with Crippen molar-refractivity contribution in [2.24, 2.45) is 0 Å².